The maximum Gasteiger partial charge on any atom is 0.136 e. The highest BCUT2D eigenvalue weighted by atomic mass is 16.3. The van der Waals surface area contributed by atoms with Crippen molar-refractivity contribution in [2.24, 2.45) is 23.2 Å². The van der Waals surface area contributed by atoms with Crippen LogP contribution in [0.15, 0.2) is 0 Å². The minimum absolute atomic E-state index is 0.264. The quantitative estimate of drug-likeness (QED) is 0.708. The van der Waals surface area contributed by atoms with E-state index in [1.165, 1.54) is 19.3 Å². The molecule has 2 saturated carbocycles. The molecule has 1 N–H and O–H groups in total. The fourth-order valence-corrected chi connectivity index (χ4v) is 5.46. The fraction of sp³-hybridized carbons (Fsp3) is 0.950. The summed E-state index contributed by atoms with van der Waals surface area (Å²) in [7, 11) is 0. The predicted molar refractivity (Wildman–Crippen MR) is 91.7 cm³/mol. The number of carbonyl (C=O) groups excluding carboxylic acids is 1. The number of carbonyl (C=O) groups is 1. The third-order valence-electron chi connectivity index (χ3n) is 7.24. The predicted octanol–water partition coefficient (Wildman–Crippen LogP) is 5.13. The first-order valence-corrected chi connectivity index (χ1v) is 9.61. The van der Waals surface area contributed by atoms with Crippen LogP contribution in [0.1, 0.15) is 91.9 Å². The molecule has 0 aromatic carbocycles. The Labute approximate surface area is 137 Å². The van der Waals surface area contributed by atoms with E-state index in [1.807, 2.05) is 0 Å². The monoisotopic (exact) mass is 308 g/mol. The zero-order valence-corrected chi connectivity index (χ0v) is 15.2. The number of aliphatic hydroxyl groups is 1. The van der Waals surface area contributed by atoms with Crippen LogP contribution < -0.4 is 0 Å². The lowest BCUT2D eigenvalue weighted by molar-refractivity contribution is -0.130. The van der Waals surface area contributed by atoms with Crippen LogP contribution in [-0.4, -0.2) is 16.5 Å². The van der Waals surface area contributed by atoms with Gasteiger partial charge in [0.2, 0.25) is 0 Å². The van der Waals surface area contributed by atoms with Crippen molar-refractivity contribution >= 4 is 5.78 Å². The summed E-state index contributed by atoms with van der Waals surface area (Å²) in [6.07, 6.45) is 10.5. The first-order valence-electron chi connectivity index (χ1n) is 9.61. The van der Waals surface area contributed by atoms with Gasteiger partial charge in [0.15, 0.2) is 0 Å². The van der Waals surface area contributed by atoms with Gasteiger partial charge in [-0.3, -0.25) is 4.79 Å². The van der Waals surface area contributed by atoms with Gasteiger partial charge in [0.25, 0.3) is 0 Å². The summed E-state index contributed by atoms with van der Waals surface area (Å²) in [4.78, 5) is 12.2. The maximum atomic E-state index is 12.2. The summed E-state index contributed by atoms with van der Waals surface area (Å²) >= 11 is 0. The molecule has 4 atom stereocenters. The van der Waals surface area contributed by atoms with Gasteiger partial charge in [0.05, 0.1) is 5.60 Å². The van der Waals surface area contributed by atoms with Crippen molar-refractivity contribution in [2.45, 2.75) is 97.5 Å². The molecule has 2 heteroatoms. The number of hydrogen-bond donors (Lipinski definition) is 1. The van der Waals surface area contributed by atoms with E-state index in [1.54, 1.807) is 0 Å². The van der Waals surface area contributed by atoms with Gasteiger partial charge in [0, 0.05) is 12.3 Å². The van der Waals surface area contributed by atoms with E-state index in [0.29, 0.717) is 23.5 Å². The molecule has 2 aliphatic rings. The Morgan fingerprint density at radius 1 is 1.32 bits per heavy atom. The van der Waals surface area contributed by atoms with E-state index >= 15 is 0 Å². The summed E-state index contributed by atoms with van der Waals surface area (Å²) in [5.41, 5.74) is -0.191. The Bertz CT molecular complexity index is 385. The Kier molecular flexibility index (Phi) is 5.74. The zero-order chi connectivity index (χ0) is 16.4. The minimum Gasteiger partial charge on any atom is -0.390 e. The van der Waals surface area contributed by atoms with Crippen molar-refractivity contribution in [2.75, 3.05) is 0 Å². The highest BCUT2D eigenvalue weighted by molar-refractivity contribution is 5.83. The molecule has 2 rings (SSSR count). The highest BCUT2D eigenvalue weighted by Gasteiger charge is 2.52. The van der Waals surface area contributed by atoms with Gasteiger partial charge in [-0.1, -0.05) is 40.5 Å². The molecule has 0 saturated heterocycles. The SMILES string of the molecule is CCC(O)(CC)CCC[C@H](C)C1CC[C@H]2C(=O)CCC[C@]12C. The Morgan fingerprint density at radius 3 is 2.64 bits per heavy atom. The summed E-state index contributed by atoms with van der Waals surface area (Å²) < 4.78 is 0. The van der Waals surface area contributed by atoms with Gasteiger partial charge in [0.1, 0.15) is 5.78 Å². The van der Waals surface area contributed by atoms with Gasteiger partial charge >= 0.3 is 0 Å². The molecule has 2 nitrogen and oxygen atoms in total. The van der Waals surface area contributed by atoms with Crippen LogP contribution in [0.5, 0.6) is 0 Å². The van der Waals surface area contributed by atoms with Crippen LogP contribution in [-0.2, 0) is 4.79 Å². The van der Waals surface area contributed by atoms with Crippen LogP contribution >= 0.6 is 0 Å². The minimum atomic E-state index is -0.456. The second-order valence-corrected chi connectivity index (χ2v) is 8.36. The number of ketones is 1. The standard InChI is InChI=1S/C20H36O2/c1-5-20(22,6-2)14-7-9-15(3)16-11-12-17-18(21)10-8-13-19(16,17)4/h15-17,22H,5-14H2,1-4H3/t15-,16?,17-,19+/m0/s1. The normalized spacial score (nSPS) is 33.8. The summed E-state index contributed by atoms with van der Waals surface area (Å²) in [6.45, 7) is 8.94. The molecule has 0 spiro atoms. The first-order chi connectivity index (χ1) is 10.4. The Hall–Kier alpha value is -0.370. The van der Waals surface area contributed by atoms with Crippen molar-refractivity contribution in [1.29, 1.82) is 0 Å². The van der Waals surface area contributed by atoms with Crippen LogP contribution in [0.2, 0.25) is 0 Å². The average Bonchev–Trinajstić information content (AvgIpc) is 2.85. The molecule has 0 heterocycles. The van der Waals surface area contributed by atoms with E-state index in [9.17, 15) is 9.90 Å². The highest BCUT2D eigenvalue weighted by Crippen LogP contribution is 2.57. The molecule has 128 valence electrons. The summed E-state index contributed by atoms with van der Waals surface area (Å²) in [5, 5.41) is 10.4. The van der Waals surface area contributed by atoms with Crippen molar-refractivity contribution in [1.82, 2.24) is 0 Å². The second kappa shape index (κ2) is 7.03. The van der Waals surface area contributed by atoms with Crippen molar-refractivity contribution in [3.05, 3.63) is 0 Å². The largest absolute Gasteiger partial charge is 0.390 e. The van der Waals surface area contributed by atoms with E-state index in [2.05, 4.69) is 27.7 Å². The van der Waals surface area contributed by atoms with Gasteiger partial charge in [-0.2, -0.15) is 0 Å². The van der Waals surface area contributed by atoms with E-state index in [-0.39, 0.29) is 5.41 Å². The number of Topliss-reactive ketones (excluding diaryl/α,β-unsaturated/α-hetero) is 1. The molecule has 0 radical (unpaired) electrons. The van der Waals surface area contributed by atoms with Crippen molar-refractivity contribution in [3.63, 3.8) is 0 Å². The third-order valence-corrected chi connectivity index (χ3v) is 7.24. The van der Waals surface area contributed by atoms with Crippen LogP contribution in [0.4, 0.5) is 0 Å². The lowest BCUT2D eigenvalue weighted by atomic mass is 9.62. The van der Waals surface area contributed by atoms with Crippen LogP contribution in [0.25, 0.3) is 0 Å². The van der Waals surface area contributed by atoms with Crippen LogP contribution in [0, 0.1) is 23.2 Å². The van der Waals surface area contributed by atoms with Crippen molar-refractivity contribution < 1.29 is 9.90 Å². The fourth-order valence-electron chi connectivity index (χ4n) is 5.46. The summed E-state index contributed by atoms with van der Waals surface area (Å²) in [5.74, 6) is 2.27. The molecular formula is C20H36O2. The molecule has 22 heavy (non-hydrogen) atoms. The van der Waals surface area contributed by atoms with E-state index < -0.39 is 5.60 Å². The third kappa shape index (κ3) is 3.42. The molecule has 0 aromatic heterocycles. The first kappa shape index (κ1) is 18.0. The molecule has 1 unspecified atom stereocenters. The number of rotatable bonds is 7. The Morgan fingerprint density at radius 2 is 2.00 bits per heavy atom. The van der Waals surface area contributed by atoms with E-state index in [0.717, 1.165) is 44.9 Å². The topological polar surface area (TPSA) is 37.3 Å². The number of hydrogen-bond acceptors (Lipinski definition) is 2. The second-order valence-electron chi connectivity index (χ2n) is 8.36. The van der Waals surface area contributed by atoms with Gasteiger partial charge in [-0.25, -0.2) is 0 Å². The maximum absolute atomic E-state index is 12.2. The molecule has 0 aromatic rings. The Balaban J connectivity index is 1.90. The van der Waals surface area contributed by atoms with Gasteiger partial charge in [-0.05, 0) is 62.2 Å². The number of fused-ring (bicyclic) bond motifs is 1. The van der Waals surface area contributed by atoms with Gasteiger partial charge < -0.3 is 5.11 Å². The zero-order valence-electron chi connectivity index (χ0n) is 15.2. The van der Waals surface area contributed by atoms with E-state index in [4.69, 9.17) is 0 Å². The summed E-state index contributed by atoms with van der Waals surface area (Å²) in [6, 6.07) is 0. The lowest BCUT2D eigenvalue weighted by Crippen LogP contribution is -2.39. The molecule has 0 amide bonds. The average molecular weight is 309 g/mol. The lowest BCUT2D eigenvalue weighted by Gasteiger charge is -2.42. The smallest absolute Gasteiger partial charge is 0.136 e. The molecular weight excluding hydrogens is 272 g/mol. The molecule has 0 bridgehead atoms. The van der Waals surface area contributed by atoms with Crippen molar-refractivity contribution in [3.8, 4) is 0 Å². The van der Waals surface area contributed by atoms with Crippen LogP contribution in [0.3, 0.4) is 0 Å². The van der Waals surface area contributed by atoms with Gasteiger partial charge in [-0.15, -0.1) is 0 Å². The molecule has 2 aliphatic carbocycles. The molecule has 2 fully saturated rings. The molecule has 0 aliphatic heterocycles.